The van der Waals surface area contributed by atoms with Crippen molar-refractivity contribution < 1.29 is 27.8 Å². The number of halogens is 3. The predicted molar refractivity (Wildman–Crippen MR) is 120 cm³/mol. The summed E-state index contributed by atoms with van der Waals surface area (Å²) in [5.74, 6) is -2.89. The number of nitrogens with two attached hydrogens (primary N) is 1. The number of anilines is 1. The molecular weight excluding hydrogens is 471 g/mol. The third-order valence-corrected chi connectivity index (χ3v) is 6.63. The average Bonchev–Trinajstić information content (AvgIpc) is 3.38. The Bertz CT molecular complexity index is 1190. The van der Waals surface area contributed by atoms with E-state index in [0.29, 0.717) is 24.2 Å². The van der Waals surface area contributed by atoms with E-state index in [4.69, 9.17) is 10.5 Å². The van der Waals surface area contributed by atoms with E-state index in [-0.39, 0.29) is 28.4 Å². The summed E-state index contributed by atoms with van der Waals surface area (Å²) in [6.07, 6.45) is -0.632. The second kappa shape index (κ2) is 9.82. The van der Waals surface area contributed by atoms with Crippen molar-refractivity contribution in [3.05, 3.63) is 52.3 Å². The summed E-state index contributed by atoms with van der Waals surface area (Å²) in [6, 6.07) is 1.97. The number of benzene rings is 1. The summed E-state index contributed by atoms with van der Waals surface area (Å²) in [5.41, 5.74) is 6.46. The third-order valence-electron chi connectivity index (χ3n) is 5.75. The smallest absolute Gasteiger partial charge is 0.275 e. The number of hydrogen-bond donors (Lipinski definition) is 3. The van der Waals surface area contributed by atoms with Crippen LogP contribution in [-0.2, 0) is 11.8 Å². The fraction of sp³-hybridized carbons (Fsp3) is 0.409. The Hall–Kier alpha value is -2.80. The van der Waals surface area contributed by atoms with E-state index in [2.05, 4.69) is 15.4 Å². The van der Waals surface area contributed by atoms with Crippen molar-refractivity contribution in [2.75, 3.05) is 11.9 Å². The summed E-state index contributed by atoms with van der Waals surface area (Å²) in [5, 5.41) is 18.0. The van der Waals surface area contributed by atoms with Gasteiger partial charge in [0.05, 0.1) is 30.3 Å². The van der Waals surface area contributed by atoms with E-state index in [1.54, 1.807) is 11.7 Å². The van der Waals surface area contributed by atoms with Gasteiger partial charge in [-0.3, -0.25) is 9.48 Å². The molecule has 0 aliphatic carbocycles. The zero-order valence-electron chi connectivity index (χ0n) is 18.5. The Morgan fingerprint density at radius 1 is 1.35 bits per heavy atom. The van der Waals surface area contributed by atoms with Crippen LogP contribution < -0.4 is 11.1 Å². The van der Waals surface area contributed by atoms with Crippen molar-refractivity contribution in [2.24, 2.45) is 12.8 Å². The van der Waals surface area contributed by atoms with E-state index in [9.17, 15) is 23.1 Å². The van der Waals surface area contributed by atoms with Crippen molar-refractivity contribution in [2.45, 2.75) is 44.2 Å². The number of hydrogen-bond acceptors (Lipinski definition) is 7. The van der Waals surface area contributed by atoms with Crippen LogP contribution in [0.3, 0.4) is 0 Å². The van der Waals surface area contributed by atoms with Crippen LogP contribution in [0.4, 0.5) is 18.9 Å². The van der Waals surface area contributed by atoms with Crippen LogP contribution >= 0.6 is 11.3 Å². The summed E-state index contributed by atoms with van der Waals surface area (Å²) in [7, 11) is 1.68. The van der Waals surface area contributed by atoms with Crippen LogP contribution in [0.1, 0.15) is 53.7 Å². The first-order chi connectivity index (χ1) is 16.2. The number of rotatable bonds is 5. The number of nitrogens with zero attached hydrogens (tertiary/aromatic N) is 3. The summed E-state index contributed by atoms with van der Waals surface area (Å²) >= 11 is 0.977. The van der Waals surface area contributed by atoms with Crippen molar-refractivity contribution in [1.82, 2.24) is 14.8 Å². The molecule has 1 fully saturated rings. The standard InChI is InChI=1S/C22H24F3N5O3S/c1-10(31)11-3-4-12(19(25)18(11)24)22-29-16(9-34-22)21(32)28-15-7-27-30(2)20(15)17-6-5-14(26)13(23)8-33-17/h3-4,7,9-10,13-14,17,31H,5-6,8,26H2,1-2H3,(H,28,32). The maximum Gasteiger partial charge on any atom is 0.275 e. The second-order valence-electron chi connectivity index (χ2n) is 8.14. The molecule has 2 aromatic heterocycles. The molecule has 4 N–H and O–H groups in total. The first-order valence-corrected chi connectivity index (χ1v) is 11.5. The molecule has 0 radical (unpaired) electrons. The van der Waals surface area contributed by atoms with Gasteiger partial charge in [-0.2, -0.15) is 5.10 Å². The molecule has 3 aromatic rings. The number of thiazole rings is 1. The predicted octanol–water partition coefficient (Wildman–Crippen LogP) is 3.64. The molecule has 8 nitrogen and oxygen atoms in total. The zero-order valence-corrected chi connectivity index (χ0v) is 19.3. The number of ether oxygens (including phenoxy) is 1. The van der Waals surface area contributed by atoms with Gasteiger partial charge < -0.3 is 20.9 Å². The summed E-state index contributed by atoms with van der Waals surface area (Å²) < 4.78 is 49.9. The Balaban J connectivity index is 1.54. The molecule has 1 saturated heterocycles. The molecular formula is C22H24F3N5O3S. The quantitative estimate of drug-likeness (QED) is 0.498. The second-order valence-corrected chi connectivity index (χ2v) is 9.00. The van der Waals surface area contributed by atoms with Gasteiger partial charge in [-0.25, -0.2) is 18.2 Å². The van der Waals surface area contributed by atoms with E-state index >= 15 is 0 Å². The number of aliphatic hydroxyl groups excluding tert-OH is 1. The summed E-state index contributed by atoms with van der Waals surface area (Å²) in [6.45, 7) is 1.18. The SMILES string of the molecule is CC(O)c1ccc(-c2nc(C(=O)Nc3cnn(C)c3C3CCC(N)C(F)CO3)cs2)c(F)c1F. The first-order valence-electron chi connectivity index (χ1n) is 10.6. The van der Waals surface area contributed by atoms with E-state index in [0.717, 1.165) is 11.3 Å². The average molecular weight is 496 g/mol. The van der Waals surface area contributed by atoms with Crippen LogP contribution in [0.2, 0.25) is 0 Å². The molecule has 1 aromatic carbocycles. The first kappa shape index (κ1) is 24.3. The number of carbonyl (C=O) groups is 1. The molecule has 1 aliphatic rings. The lowest BCUT2D eigenvalue weighted by Gasteiger charge is -2.17. The van der Waals surface area contributed by atoms with Gasteiger partial charge in [0.15, 0.2) is 11.6 Å². The Morgan fingerprint density at radius 3 is 2.85 bits per heavy atom. The number of aromatic nitrogens is 3. The van der Waals surface area contributed by atoms with Crippen LogP contribution in [0.5, 0.6) is 0 Å². The van der Waals surface area contributed by atoms with Crippen LogP contribution in [0.25, 0.3) is 10.6 Å². The largest absolute Gasteiger partial charge is 0.389 e. The van der Waals surface area contributed by atoms with E-state index < -0.39 is 42.0 Å². The van der Waals surface area contributed by atoms with Gasteiger partial charge in [0, 0.05) is 29.6 Å². The molecule has 3 heterocycles. The lowest BCUT2D eigenvalue weighted by atomic mass is 10.0. The number of nitrogens with one attached hydrogen (secondary N) is 1. The molecule has 4 rings (SSSR count). The highest BCUT2D eigenvalue weighted by atomic mass is 32.1. The van der Waals surface area contributed by atoms with Crippen molar-refractivity contribution >= 4 is 22.9 Å². The van der Waals surface area contributed by atoms with E-state index in [1.165, 1.54) is 30.6 Å². The van der Waals surface area contributed by atoms with Gasteiger partial charge in [-0.1, -0.05) is 6.07 Å². The fourth-order valence-electron chi connectivity index (χ4n) is 3.82. The van der Waals surface area contributed by atoms with Gasteiger partial charge in [-0.15, -0.1) is 11.3 Å². The summed E-state index contributed by atoms with van der Waals surface area (Å²) in [4.78, 5) is 17.0. The highest BCUT2D eigenvalue weighted by Crippen LogP contribution is 2.34. The minimum Gasteiger partial charge on any atom is -0.389 e. The zero-order chi connectivity index (χ0) is 24.6. The van der Waals surface area contributed by atoms with Crippen LogP contribution in [0.15, 0.2) is 23.7 Å². The van der Waals surface area contributed by atoms with Crippen molar-refractivity contribution in [1.29, 1.82) is 0 Å². The molecule has 4 unspecified atom stereocenters. The Labute approximate surface area is 197 Å². The van der Waals surface area contributed by atoms with Gasteiger partial charge in [-0.05, 0) is 25.8 Å². The topological polar surface area (TPSA) is 115 Å². The van der Waals surface area contributed by atoms with Crippen LogP contribution in [-0.4, -0.2) is 44.6 Å². The molecule has 12 heteroatoms. The van der Waals surface area contributed by atoms with Gasteiger partial charge in [0.1, 0.15) is 23.0 Å². The highest BCUT2D eigenvalue weighted by molar-refractivity contribution is 7.13. The Morgan fingerprint density at radius 2 is 2.12 bits per heavy atom. The minimum atomic E-state index is -1.27. The monoisotopic (exact) mass is 495 g/mol. The maximum atomic E-state index is 14.5. The molecule has 1 amide bonds. The minimum absolute atomic E-state index is 0.00171. The van der Waals surface area contributed by atoms with Crippen molar-refractivity contribution in [3.8, 4) is 10.6 Å². The number of aryl methyl sites for hydroxylation is 1. The molecule has 34 heavy (non-hydrogen) atoms. The number of amides is 1. The molecule has 0 saturated carbocycles. The maximum absolute atomic E-state index is 14.5. The normalized spacial score (nSPS) is 21.8. The van der Waals surface area contributed by atoms with E-state index in [1.807, 2.05) is 0 Å². The Kier molecular flexibility index (Phi) is 7.03. The lowest BCUT2D eigenvalue weighted by molar-refractivity contribution is 0.0247. The molecule has 4 atom stereocenters. The lowest BCUT2D eigenvalue weighted by Crippen LogP contribution is -2.32. The number of aliphatic hydroxyl groups is 1. The van der Waals surface area contributed by atoms with Crippen LogP contribution in [0, 0.1) is 11.6 Å². The molecule has 0 bridgehead atoms. The fourth-order valence-corrected chi connectivity index (χ4v) is 4.64. The van der Waals surface area contributed by atoms with Gasteiger partial charge in [0.2, 0.25) is 0 Å². The molecule has 0 spiro atoms. The molecule has 182 valence electrons. The van der Waals surface area contributed by atoms with Gasteiger partial charge >= 0.3 is 0 Å². The van der Waals surface area contributed by atoms with Crippen molar-refractivity contribution in [3.63, 3.8) is 0 Å². The van der Waals surface area contributed by atoms with Gasteiger partial charge in [0.25, 0.3) is 5.91 Å². The number of alkyl halides is 1. The molecule has 1 aliphatic heterocycles. The number of carbonyl (C=O) groups excluding carboxylic acids is 1. The third kappa shape index (κ3) is 4.71. The highest BCUT2D eigenvalue weighted by Gasteiger charge is 2.30.